The minimum atomic E-state index is -0.772. The van der Waals surface area contributed by atoms with Crippen molar-refractivity contribution in [3.63, 3.8) is 0 Å². The number of halogens is 1. The van der Waals surface area contributed by atoms with Crippen LogP contribution in [0.3, 0.4) is 0 Å². The van der Waals surface area contributed by atoms with Crippen LogP contribution >= 0.6 is 0 Å². The van der Waals surface area contributed by atoms with Crippen molar-refractivity contribution in [2.24, 2.45) is 0 Å². The molecular formula is C20H23FN2O4. The number of ether oxygens (including phenoxy) is 1. The summed E-state index contributed by atoms with van der Waals surface area (Å²) < 4.78 is 24.8. The maximum absolute atomic E-state index is 14.0. The van der Waals surface area contributed by atoms with Crippen LogP contribution < -0.4 is 0 Å². The number of aryl methyl sites for hydroxylation is 1. The van der Waals surface area contributed by atoms with Gasteiger partial charge in [-0.3, -0.25) is 4.79 Å². The number of carbonyl (C=O) groups is 1. The van der Waals surface area contributed by atoms with Gasteiger partial charge in [-0.2, -0.15) is 0 Å². The van der Waals surface area contributed by atoms with E-state index >= 15 is 0 Å². The number of hydrogen-bond acceptors (Lipinski definition) is 5. The molecule has 2 saturated heterocycles. The quantitative estimate of drug-likeness (QED) is 0.871. The third-order valence-electron chi connectivity index (χ3n) is 5.65. The van der Waals surface area contributed by atoms with Gasteiger partial charge >= 0.3 is 0 Å². The first-order valence-electron chi connectivity index (χ1n) is 9.26. The second kappa shape index (κ2) is 6.73. The third-order valence-corrected chi connectivity index (χ3v) is 5.65. The molecule has 1 N–H and O–H groups in total. The van der Waals surface area contributed by atoms with E-state index in [1.54, 1.807) is 23.1 Å². The number of aliphatic hydroxyl groups is 1. The molecule has 6 nitrogen and oxygen atoms in total. The molecule has 1 spiro atoms. The Morgan fingerprint density at radius 3 is 2.85 bits per heavy atom. The van der Waals surface area contributed by atoms with Crippen LogP contribution in [0.15, 0.2) is 35.1 Å². The molecule has 7 heteroatoms. The van der Waals surface area contributed by atoms with E-state index in [4.69, 9.17) is 9.26 Å². The van der Waals surface area contributed by atoms with Crippen LogP contribution in [0.1, 0.15) is 31.7 Å². The molecule has 0 saturated carbocycles. The zero-order valence-electron chi connectivity index (χ0n) is 15.3. The number of hydrogen-bond donors (Lipinski definition) is 1. The molecule has 4 rings (SSSR count). The van der Waals surface area contributed by atoms with Crippen LogP contribution in [0.25, 0.3) is 11.3 Å². The Labute approximate surface area is 156 Å². The zero-order valence-corrected chi connectivity index (χ0v) is 15.3. The summed E-state index contributed by atoms with van der Waals surface area (Å²) in [6.07, 6.45) is 3.40. The van der Waals surface area contributed by atoms with Crippen LogP contribution in [0.5, 0.6) is 0 Å². The lowest BCUT2D eigenvalue weighted by Crippen LogP contribution is -2.63. The maximum atomic E-state index is 14.0. The zero-order chi connectivity index (χ0) is 19.1. The lowest BCUT2D eigenvalue weighted by Gasteiger charge is -2.47. The lowest BCUT2D eigenvalue weighted by atomic mass is 9.83. The highest BCUT2D eigenvalue weighted by molar-refractivity contribution is 5.78. The molecule has 0 bridgehead atoms. The van der Waals surface area contributed by atoms with Crippen molar-refractivity contribution in [2.45, 2.75) is 43.8 Å². The van der Waals surface area contributed by atoms with Crippen LogP contribution in [0.2, 0.25) is 0 Å². The summed E-state index contributed by atoms with van der Waals surface area (Å²) >= 11 is 0. The number of benzene rings is 1. The molecule has 0 radical (unpaired) electrons. The summed E-state index contributed by atoms with van der Waals surface area (Å²) in [6.45, 7) is 3.30. The Kier molecular flexibility index (Phi) is 4.52. The van der Waals surface area contributed by atoms with Gasteiger partial charge in [0.15, 0.2) is 0 Å². The second-order valence-corrected chi connectivity index (χ2v) is 7.64. The Hall–Kier alpha value is -2.25. The summed E-state index contributed by atoms with van der Waals surface area (Å²) in [5.74, 6) is -0.359. The van der Waals surface area contributed by atoms with Gasteiger partial charge in [0.25, 0.3) is 0 Å². The van der Waals surface area contributed by atoms with Gasteiger partial charge in [0, 0.05) is 24.0 Å². The lowest BCUT2D eigenvalue weighted by molar-refractivity contribution is -0.157. The normalized spacial score (nSPS) is 23.6. The molecule has 2 aliphatic rings. The highest BCUT2D eigenvalue weighted by atomic mass is 19.1. The van der Waals surface area contributed by atoms with E-state index in [9.17, 15) is 14.3 Å². The molecular weight excluding hydrogens is 351 g/mol. The number of aromatic nitrogens is 1. The van der Waals surface area contributed by atoms with Gasteiger partial charge in [-0.15, -0.1) is 0 Å². The average Bonchev–Trinajstić information content (AvgIpc) is 3.24. The van der Waals surface area contributed by atoms with Crippen molar-refractivity contribution in [3.8, 4) is 11.3 Å². The number of carbonyl (C=O) groups excluding carboxylic acids is 1. The molecule has 0 aliphatic carbocycles. The Morgan fingerprint density at radius 1 is 1.37 bits per heavy atom. The monoisotopic (exact) mass is 374 g/mol. The fourth-order valence-electron chi connectivity index (χ4n) is 3.95. The molecule has 2 aliphatic heterocycles. The SMILES string of the molecule is CCC1(O)COC2(CN(C(=O)CCc3conc3-c3ccccc3F)C2)C1. The Balaban J connectivity index is 1.34. The van der Waals surface area contributed by atoms with Gasteiger partial charge in [0.2, 0.25) is 5.91 Å². The van der Waals surface area contributed by atoms with Crippen LogP contribution in [0, 0.1) is 5.82 Å². The van der Waals surface area contributed by atoms with Crippen molar-refractivity contribution in [2.75, 3.05) is 19.7 Å². The molecule has 2 aromatic rings. The maximum Gasteiger partial charge on any atom is 0.223 e. The van der Waals surface area contributed by atoms with Crippen molar-refractivity contribution in [1.82, 2.24) is 10.1 Å². The van der Waals surface area contributed by atoms with Crippen LogP contribution in [-0.2, 0) is 16.0 Å². The van der Waals surface area contributed by atoms with E-state index in [1.165, 1.54) is 12.3 Å². The fraction of sp³-hybridized carbons (Fsp3) is 0.500. The highest BCUT2D eigenvalue weighted by Gasteiger charge is 2.55. The van der Waals surface area contributed by atoms with Crippen LogP contribution in [-0.4, -0.2) is 52.0 Å². The van der Waals surface area contributed by atoms with E-state index in [2.05, 4.69) is 5.16 Å². The number of amides is 1. The second-order valence-electron chi connectivity index (χ2n) is 7.64. The van der Waals surface area contributed by atoms with Crippen molar-refractivity contribution < 1.29 is 23.6 Å². The molecule has 27 heavy (non-hydrogen) atoms. The molecule has 1 unspecified atom stereocenters. The minimum Gasteiger partial charge on any atom is -0.387 e. The van der Waals surface area contributed by atoms with Gasteiger partial charge < -0.3 is 19.3 Å². The predicted molar refractivity (Wildman–Crippen MR) is 95.3 cm³/mol. The van der Waals surface area contributed by atoms with Crippen LogP contribution in [0.4, 0.5) is 4.39 Å². The molecule has 1 aromatic heterocycles. The van der Waals surface area contributed by atoms with Gasteiger partial charge in [-0.1, -0.05) is 24.2 Å². The van der Waals surface area contributed by atoms with Crippen molar-refractivity contribution in [1.29, 1.82) is 0 Å². The fourth-order valence-corrected chi connectivity index (χ4v) is 3.95. The predicted octanol–water partition coefficient (Wildman–Crippen LogP) is 2.56. The first-order chi connectivity index (χ1) is 12.9. The van der Waals surface area contributed by atoms with E-state index in [1.807, 2.05) is 6.92 Å². The topological polar surface area (TPSA) is 75.8 Å². The van der Waals surface area contributed by atoms with E-state index in [0.29, 0.717) is 55.8 Å². The number of rotatable bonds is 5. The van der Waals surface area contributed by atoms with Gasteiger partial charge in [0.05, 0.1) is 25.3 Å². The van der Waals surface area contributed by atoms with E-state index in [0.717, 1.165) is 0 Å². The van der Waals surface area contributed by atoms with Gasteiger partial charge in [-0.25, -0.2) is 4.39 Å². The standard InChI is InChI=1S/C20H23FN2O4/c1-2-19(25)10-20(26-13-19)11-23(12-20)17(24)8-7-14-9-27-22-18(14)15-5-3-4-6-16(15)21/h3-6,9,25H,2,7-8,10-13H2,1H3. The van der Waals surface area contributed by atoms with Crippen molar-refractivity contribution >= 4 is 5.91 Å². The smallest absolute Gasteiger partial charge is 0.223 e. The summed E-state index contributed by atoms with van der Waals surface area (Å²) in [7, 11) is 0. The minimum absolute atomic E-state index is 0.0110. The first-order valence-corrected chi connectivity index (χ1v) is 9.26. The van der Waals surface area contributed by atoms with E-state index < -0.39 is 11.2 Å². The molecule has 2 fully saturated rings. The average molecular weight is 374 g/mol. The third kappa shape index (κ3) is 3.37. The number of nitrogens with zero attached hydrogens (tertiary/aromatic N) is 2. The molecule has 1 aromatic carbocycles. The molecule has 1 amide bonds. The summed E-state index contributed by atoms with van der Waals surface area (Å²) in [5, 5.41) is 14.2. The van der Waals surface area contributed by atoms with Gasteiger partial charge in [-0.05, 0) is 25.0 Å². The summed E-state index contributed by atoms with van der Waals surface area (Å²) in [4.78, 5) is 14.2. The van der Waals surface area contributed by atoms with Crippen molar-refractivity contribution in [3.05, 3.63) is 41.9 Å². The first kappa shape index (κ1) is 18.1. The number of likely N-dealkylation sites (tertiary alicyclic amines) is 1. The Morgan fingerprint density at radius 2 is 2.15 bits per heavy atom. The van der Waals surface area contributed by atoms with Gasteiger partial charge in [0.1, 0.15) is 23.4 Å². The summed E-state index contributed by atoms with van der Waals surface area (Å²) in [5.41, 5.74) is 0.353. The summed E-state index contributed by atoms with van der Waals surface area (Å²) in [6, 6.07) is 6.37. The highest BCUT2D eigenvalue weighted by Crippen LogP contribution is 2.41. The molecule has 3 heterocycles. The largest absolute Gasteiger partial charge is 0.387 e. The van der Waals surface area contributed by atoms with E-state index in [-0.39, 0.29) is 18.1 Å². The molecule has 144 valence electrons. The Bertz CT molecular complexity index is 846. The molecule has 1 atom stereocenters.